The van der Waals surface area contributed by atoms with E-state index in [2.05, 4.69) is 15.3 Å². The first-order chi connectivity index (χ1) is 9.06. The standard InChI is InChI=1S/C13H15N3O2S/c1-8-7-19-12(15-8)9(2)14-6-10-4-3-5-11(16-10)13(17)18/h3-5,7,9,14H,6H2,1-2H3,(H,17,18). The van der Waals surface area contributed by atoms with E-state index in [0.717, 1.165) is 10.7 Å². The number of carboxylic acid groups (broad SMARTS) is 1. The maximum atomic E-state index is 10.8. The van der Waals surface area contributed by atoms with Gasteiger partial charge in [-0.05, 0) is 26.0 Å². The number of carboxylic acids is 1. The Labute approximate surface area is 115 Å². The molecule has 0 saturated heterocycles. The molecule has 5 nitrogen and oxygen atoms in total. The fraction of sp³-hybridized carbons (Fsp3) is 0.308. The highest BCUT2D eigenvalue weighted by atomic mass is 32.1. The van der Waals surface area contributed by atoms with Gasteiger partial charge in [0.15, 0.2) is 0 Å². The second-order valence-electron chi connectivity index (χ2n) is 4.25. The molecule has 0 spiro atoms. The number of aryl methyl sites for hydroxylation is 1. The highest BCUT2D eigenvalue weighted by Gasteiger charge is 2.10. The van der Waals surface area contributed by atoms with E-state index in [1.165, 1.54) is 6.07 Å². The lowest BCUT2D eigenvalue weighted by Crippen LogP contribution is -2.19. The maximum absolute atomic E-state index is 10.8. The highest BCUT2D eigenvalue weighted by Crippen LogP contribution is 2.17. The summed E-state index contributed by atoms with van der Waals surface area (Å²) in [6.07, 6.45) is 0. The number of rotatable bonds is 5. The van der Waals surface area contributed by atoms with Gasteiger partial charge < -0.3 is 10.4 Å². The molecule has 0 amide bonds. The minimum absolute atomic E-state index is 0.0667. The fourth-order valence-corrected chi connectivity index (χ4v) is 2.44. The summed E-state index contributed by atoms with van der Waals surface area (Å²) in [5.41, 5.74) is 1.79. The zero-order valence-electron chi connectivity index (χ0n) is 10.8. The van der Waals surface area contributed by atoms with Gasteiger partial charge in [0, 0.05) is 17.6 Å². The summed E-state index contributed by atoms with van der Waals surface area (Å²) in [6, 6.07) is 5.11. The number of hydrogen-bond acceptors (Lipinski definition) is 5. The van der Waals surface area contributed by atoms with Crippen molar-refractivity contribution in [1.29, 1.82) is 0 Å². The van der Waals surface area contributed by atoms with Crippen molar-refractivity contribution >= 4 is 17.3 Å². The highest BCUT2D eigenvalue weighted by molar-refractivity contribution is 7.09. The first-order valence-corrected chi connectivity index (χ1v) is 6.79. The largest absolute Gasteiger partial charge is 0.477 e. The van der Waals surface area contributed by atoms with Crippen LogP contribution in [0.15, 0.2) is 23.6 Å². The van der Waals surface area contributed by atoms with Crippen LogP contribution in [0.1, 0.15) is 39.8 Å². The van der Waals surface area contributed by atoms with Crippen LogP contribution in [0.2, 0.25) is 0 Å². The molecule has 2 heterocycles. The smallest absolute Gasteiger partial charge is 0.354 e. The van der Waals surface area contributed by atoms with Crippen LogP contribution in [0.25, 0.3) is 0 Å². The number of nitrogens with one attached hydrogen (secondary N) is 1. The summed E-state index contributed by atoms with van der Waals surface area (Å²) in [5.74, 6) is -1.01. The minimum atomic E-state index is -1.01. The van der Waals surface area contributed by atoms with Crippen molar-refractivity contribution in [3.8, 4) is 0 Å². The Bertz CT molecular complexity index is 583. The van der Waals surface area contributed by atoms with E-state index in [0.29, 0.717) is 12.2 Å². The number of thiazole rings is 1. The Balaban J connectivity index is 1.98. The second kappa shape index (κ2) is 5.90. The second-order valence-corrected chi connectivity index (χ2v) is 5.14. The van der Waals surface area contributed by atoms with Gasteiger partial charge in [0.1, 0.15) is 10.7 Å². The van der Waals surface area contributed by atoms with E-state index in [1.807, 2.05) is 19.2 Å². The molecule has 19 heavy (non-hydrogen) atoms. The van der Waals surface area contributed by atoms with Gasteiger partial charge in [0.2, 0.25) is 0 Å². The van der Waals surface area contributed by atoms with Crippen molar-refractivity contribution in [2.45, 2.75) is 26.4 Å². The van der Waals surface area contributed by atoms with Crippen LogP contribution in [0.3, 0.4) is 0 Å². The number of nitrogens with zero attached hydrogens (tertiary/aromatic N) is 2. The molecule has 0 aliphatic carbocycles. The number of pyridine rings is 1. The molecule has 0 aliphatic heterocycles. The molecule has 0 aromatic carbocycles. The molecule has 6 heteroatoms. The van der Waals surface area contributed by atoms with E-state index >= 15 is 0 Å². The van der Waals surface area contributed by atoms with Crippen molar-refractivity contribution in [1.82, 2.24) is 15.3 Å². The van der Waals surface area contributed by atoms with Crippen molar-refractivity contribution < 1.29 is 9.90 Å². The molecular weight excluding hydrogens is 262 g/mol. The van der Waals surface area contributed by atoms with Crippen LogP contribution in [-0.2, 0) is 6.54 Å². The molecule has 2 N–H and O–H groups in total. The van der Waals surface area contributed by atoms with E-state index in [9.17, 15) is 4.79 Å². The number of aromatic carboxylic acids is 1. The molecule has 100 valence electrons. The van der Waals surface area contributed by atoms with Gasteiger partial charge in [-0.2, -0.15) is 0 Å². The third-order valence-electron chi connectivity index (χ3n) is 2.62. The Hall–Kier alpha value is -1.79. The maximum Gasteiger partial charge on any atom is 0.354 e. The Morgan fingerprint density at radius 1 is 1.47 bits per heavy atom. The predicted octanol–water partition coefficient (Wildman–Crippen LogP) is 2.40. The third-order valence-corrected chi connectivity index (χ3v) is 3.77. The zero-order valence-corrected chi connectivity index (χ0v) is 11.6. The van der Waals surface area contributed by atoms with Crippen LogP contribution >= 0.6 is 11.3 Å². The lowest BCUT2D eigenvalue weighted by atomic mass is 10.2. The molecule has 0 fully saturated rings. The average molecular weight is 277 g/mol. The van der Waals surface area contributed by atoms with Gasteiger partial charge in [-0.25, -0.2) is 14.8 Å². The van der Waals surface area contributed by atoms with Crippen LogP contribution in [0, 0.1) is 6.92 Å². The molecule has 2 aromatic heterocycles. The lowest BCUT2D eigenvalue weighted by Gasteiger charge is -2.10. The van der Waals surface area contributed by atoms with Crippen molar-refractivity contribution in [3.05, 3.63) is 45.7 Å². The van der Waals surface area contributed by atoms with Gasteiger partial charge in [-0.3, -0.25) is 0 Å². The first kappa shape index (κ1) is 13.6. The summed E-state index contributed by atoms with van der Waals surface area (Å²) >= 11 is 1.61. The summed E-state index contributed by atoms with van der Waals surface area (Å²) in [4.78, 5) is 19.3. The van der Waals surface area contributed by atoms with E-state index in [-0.39, 0.29) is 11.7 Å². The van der Waals surface area contributed by atoms with E-state index < -0.39 is 5.97 Å². The van der Waals surface area contributed by atoms with Crippen molar-refractivity contribution in [2.75, 3.05) is 0 Å². The number of aromatic nitrogens is 2. The van der Waals surface area contributed by atoms with Crippen LogP contribution in [-0.4, -0.2) is 21.0 Å². The Morgan fingerprint density at radius 3 is 2.89 bits per heavy atom. The molecule has 1 atom stereocenters. The summed E-state index contributed by atoms with van der Waals surface area (Å²) in [6.45, 7) is 4.50. The Morgan fingerprint density at radius 2 is 2.26 bits per heavy atom. The average Bonchev–Trinajstić information content (AvgIpc) is 2.83. The first-order valence-electron chi connectivity index (χ1n) is 5.91. The SMILES string of the molecule is Cc1csc(C(C)NCc2cccc(C(=O)O)n2)n1. The summed E-state index contributed by atoms with van der Waals surface area (Å²) in [7, 11) is 0. The number of carbonyl (C=O) groups is 1. The van der Waals surface area contributed by atoms with Crippen molar-refractivity contribution in [2.24, 2.45) is 0 Å². The minimum Gasteiger partial charge on any atom is -0.477 e. The third kappa shape index (κ3) is 3.59. The molecule has 2 aromatic rings. The topological polar surface area (TPSA) is 75.1 Å². The molecule has 1 unspecified atom stereocenters. The summed E-state index contributed by atoms with van der Waals surface area (Å²) < 4.78 is 0. The van der Waals surface area contributed by atoms with E-state index in [1.54, 1.807) is 23.5 Å². The van der Waals surface area contributed by atoms with Crippen molar-refractivity contribution in [3.63, 3.8) is 0 Å². The van der Waals surface area contributed by atoms with Gasteiger partial charge >= 0.3 is 5.97 Å². The number of hydrogen-bond donors (Lipinski definition) is 2. The lowest BCUT2D eigenvalue weighted by molar-refractivity contribution is 0.0690. The monoisotopic (exact) mass is 277 g/mol. The summed E-state index contributed by atoms with van der Waals surface area (Å²) in [5, 5.41) is 15.2. The predicted molar refractivity (Wildman–Crippen MR) is 73.3 cm³/mol. The zero-order chi connectivity index (χ0) is 13.8. The fourth-order valence-electron chi connectivity index (χ4n) is 1.61. The van der Waals surface area contributed by atoms with Gasteiger partial charge in [-0.15, -0.1) is 11.3 Å². The van der Waals surface area contributed by atoms with E-state index in [4.69, 9.17) is 5.11 Å². The molecule has 0 bridgehead atoms. The Kier molecular flexibility index (Phi) is 4.24. The van der Waals surface area contributed by atoms with Crippen LogP contribution in [0.5, 0.6) is 0 Å². The molecular formula is C13H15N3O2S. The normalized spacial score (nSPS) is 12.3. The van der Waals surface area contributed by atoms with Gasteiger partial charge in [0.25, 0.3) is 0 Å². The molecule has 0 radical (unpaired) electrons. The molecule has 2 rings (SSSR count). The quantitative estimate of drug-likeness (QED) is 0.877. The van der Waals surface area contributed by atoms with Crippen LogP contribution < -0.4 is 5.32 Å². The van der Waals surface area contributed by atoms with Gasteiger partial charge in [0.05, 0.1) is 11.7 Å². The molecule has 0 saturated carbocycles. The van der Waals surface area contributed by atoms with Crippen LogP contribution in [0.4, 0.5) is 0 Å². The molecule has 0 aliphatic rings. The van der Waals surface area contributed by atoms with Gasteiger partial charge in [-0.1, -0.05) is 6.07 Å².